The second-order valence-electron chi connectivity index (χ2n) is 7.50. The molecule has 0 saturated carbocycles. The lowest BCUT2D eigenvalue weighted by molar-refractivity contribution is 0.0222. The number of nitrogens with zero attached hydrogens (tertiary/aromatic N) is 2. The summed E-state index contributed by atoms with van der Waals surface area (Å²) in [5, 5.41) is 0. The summed E-state index contributed by atoms with van der Waals surface area (Å²) in [6.45, 7) is 6.79. The van der Waals surface area contributed by atoms with E-state index in [9.17, 15) is 4.79 Å². The van der Waals surface area contributed by atoms with Crippen LogP contribution in [0.3, 0.4) is 0 Å². The molecule has 1 aromatic carbocycles. The predicted octanol–water partition coefficient (Wildman–Crippen LogP) is 4.73. The van der Waals surface area contributed by atoms with Gasteiger partial charge in [0.2, 0.25) is 5.88 Å². The Balaban J connectivity index is 1.76. The molecule has 0 N–H and O–H groups in total. The molecule has 1 aliphatic heterocycles. The number of hydrogen-bond donors (Lipinski definition) is 0. The molecule has 1 amide bonds. The van der Waals surface area contributed by atoms with Gasteiger partial charge in [0.1, 0.15) is 12.2 Å². The highest BCUT2D eigenvalue weighted by Crippen LogP contribution is 2.37. The molecular formula is C21H26N2O3. The average molecular weight is 354 g/mol. The first-order chi connectivity index (χ1) is 12.4. The molecule has 5 heteroatoms. The second-order valence-corrected chi connectivity index (χ2v) is 7.50. The van der Waals surface area contributed by atoms with Crippen molar-refractivity contribution in [3.8, 4) is 5.88 Å². The maximum atomic E-state index is 12.6. The fourth-order valence-electron chi connectivity index (χ4n) is 3.13. The van der Waals surface area contributed by atoms with E-state index in [4.69, 9.17) is 9.47 Å². The maximum Gasteiger partial charge on any atom is 0.410 e. The highest BCUT2D eigenvalue weighted by Gasteiger charge is 2.35. The van der Waals surface area contributed by atoms with E-state index in [1.54, 1.807) is 11.1 Å². The van der Waals surface area contributed by atoms with Gasteiger partial charge in [0, 0.05) is 18.3 Å². The van der Waals surface area contributed by atoms with Crippen molar-refractivity contribution in [2.45, 2.75) is 51.9 Å². The fraction of sp³-hybridized carbons (Fsp3) is 0.429. The van der Waals surface area contributed by atoms with Crippen LogP contribution in [0.1, 0.15) is 50.8 Å². The summed E-state index contributed by atoms with van der Waals surface area (Å²) in [7, 11) is 0. The number of ether oxygens (including phenoxy) is 2. The van der Waals surface area contributed by atoms with Crippen LogP contribution in [0, 0.1) is 0 Å². The lowest BCUT2D eigenvalue weighted by Crippen LogP contribution is -2.36. The molecule has 26 heavy (non-hydrogen) atoms. The molecule has 1 aromatic heterocycles. The average Bonchev–Trinajstić information content (AvgIpc) is 3.09. The van der Waals surface area contributed by atoms with Gasteiger partial charge in [-0.3, -0.25) is 0 Å². The Morgan fingerprint density at radius 2 is 1.96 bits per heavy atom. The molecule has 3 rings (SSSR count). The SMILES string of the molecule is CC(C)(C)OC(=O)N1CCC[C@H]1c1cccnc1OCc1ccccc1. The maximum absolute atomic E-state index is 12.6. The number of aromatic nitrogens is 1. The van der Waals surface area contributed by atoms with Gasteiger partial charge in [-0.2, -0.15) is 0 Å². The Bertz CT molecular complexity index is 740. The van der Waals surface area contributed by atoms with Crippen LogP contribution >= 0.6 is 0 Å². The Morgan fingerprint density at radius 1 is 1.19 bits per heavy atom. The molecule has 1 aliphatic rings. The number of pyridine rings is 1. The van der Waals surface area contributed by atoms with Crippen LogP contribution in [0.2, 0.25) is 0 Å². The lowest BCUT2D eigenvalue weighted by atomic mass is 10.1. The van der Waals surface area contributed by atoms with E-state index in [-0.39, 0.29) is 12.1 Å². The Hall–Kier alpha value is -2.56. The molecule has 0 unspecified atom stereocenters. The summed E-state index contributed by atoms with van der Waals surface area (Å²) in [4.78, 5) is 18.8. The normalized spacial score (nSPS) is 17.2. The van der Waals surface area contributed by atoms with E-state index in [1.807, 2.05) is 63.2 Å². The number of likely N-dealkylation sites (tertiary alicyclic amines) is 1. The van der Waals surface area contributed by atoms with Gasteiger partial charge in [0.05, 0.1) is 6.04 Å². The third-order valence-electron chi connectivity index (χ3n) is 4.26. The number of rotatable bonds is 4. The van der Waals surface area contributed by atoms with Gasteiger partial charge in [-0.15, -0.1) is 0 Å². The zero-order valence-electron chi connectivity index (χ0n) is 15.6. The molecule has 1 atom stereocenters. The first kappa shape index (κ1) is 18.2. The summed E-state index contributed by atoms with van der Waals surface area (Å²) < 4.78 is 11.5. The summed E-state index contributed by atoms with van der Waals surface area (Å²) in [5.74, 6) is 0.580. The van der Waals surface area contributed by atoms with Crippen molar-refractivity contribution in [2.75, 3.05) is 6.54 Å². The van der Waals surface area contributed by atoms with Gasteiger partial charge < -0.3 is 14.4 Å². The highest BCUT2D eigenvalue weighted by molar-refractivity contribution is 5.69. The minimum absolute atomic E-state index is 0.0654. The summed E-state index contributed by atoms with van der Waals surface area (Å²) in [6, 6.07) is 13.8. The highest BCUT2D eigenvalue weighted by atomic mass is 16.6. The monoisotopic (exact) mass is 354 g/mol. The topological polar surface area (TPSA) is 51.7 Å². The van der Waals surface area contributed by atoms with Crippen LogP contribution in [0.25, 0.3) is 0 Å². The van der Waals surface area contributed by atoms with Gasteiger partial charge in [-0.1, -0.05) is 36.4 Å². The van der Waals surface area contributed by atoms with Crippen LogP contribution in [0.5, 0.6) is 5.88 Å². The molecule has 0 aliphatic carbocycles. The Kier molecular flexibility index (Phi) is 5.45. The standard InChI is InChI=1S/C21H26N2O3/c1-21(2,3)26-20(24)23-14-8-12-18(23)17-11-7-13-22-19(17)25-15-16-9-5-4-6-10-16/h4-7,9-11,13,18H,8,12,14-15H2,1-3H3/t18-/m0/s1. The van der Waals surface area contributed by atoms with E-state index in [1.165, 1.54) is 0 Å². The van der Waals surface area contributed by atoms with Gasteiger partial charge in [0.25, 0.3) is 0 Å². The molecule has 0 spiro atoms. The van der Waals surface area contributed by atoms with Crippen molar-refractivity contribution in [3.63, 3.8) is 0 Å². The van der Waals surface area contributed by atoms with Crippen molar-refractivity contribution in [1.82, 2.24) is 9.88 Å². The first-order valence-corrected chi connectivity index (χ1v) is 9.05. The molecule has 2 aromatic rings. The van der Waals surface area contributed by atoms with Crippen LogP contribution in [-0.4, -0.2) is 28.1 Å². The predicted molar refractivity (Wildman–Crippen MR) is 99.9 cm³/mol. The van der Waals surface area contributed by atoms with Gasteiger partial charge in [-0.05, 0) is 45.2 Å². The van der Waals surface area contributed by atoms with Crippen molar-refractivity contribution in [2.24, 2.45) is 0 Å². The van der Waals surface area contributed by atoms with Crippen molar-refractivity contribution < 1.29 is 14.3 Å². The summed E-state index contributed by atoms with van der Waals surface area (Å²) in [6.07, 6.45) is 3.26. The smallest absolute Gasteiger partial charge is 0.410 e. The summed E-state index contributed by atoms with van der Waals surface area (Å²) in [5.41, 5.74) is 1.51. The molecule has 2 heterocycles. The second kappa shape index (κ2) is 7.77. The van der Waals surface area contributed by atoms with Crippen LogP contribution in [0.4, 0.5) is 4.79 Å². The van der Waals surface area contributed by atoms with E-state index >= 15 is 0 Å². The van der Waals surface area contributed by atoms with E-state index in [0.717, 1.165) is 24.0 Å². The van der Waals surface area contributed by atoms with E-state index in [0.29, 0.717) is 19.0 Å². The largest absolute Gasteiger partial charge is 0.473 e. The zero-order chi connectivity index (χ0) is 18.6. The minimum atomic E-state index is -0.508. The summed E-state index contributed by atoms with van der Waals surface area (Å²) >= 11 is 0. The Morgan fingerprint density at radius 3 is 2.69 bits per heavy atom. The van der Waals surface area contributed by atoms with Crippen LogP contribution < -0.4 is 4.74 Å². The van der Waals surface area contributed by atoms with Gasteiger partial charge in [0.15, 0.2) is 0 Å². The minimum Gasteiger partial charge on any atom is -0.473 e. The Labute approximate surface area is 155 Å². The number of benzene rings is 1. The molecule has 1 fully saturated rings. The molecule has 0 radical (unpaired) electrons. The number of carbonyl (C=O) groups is 1. The zero-order valence-corrected chi connectivity index (χ0v) is 15.6. The van der Waals surface area contributed by atoms with Crippen molar-refractivity contribution in [3.05, 3.63) is 59.8 Å². The number of amides is 1. The van der Waals surface area contributed by atoms with E-state index < -0.39 is 5.60 Å². The van der Waals surface area contributed by atoms with Crippen LogP contribution in [0.15, 0.2) is 48.7 Å². The lowest BCUT2D eigenvalue weighted by Gasteiger charge is -2.29. The van der Waals surface area contributed by atoms with Crippen molar-refractivity contribution >= 4 is 6.09 Å². The quantitative estimate of drug-likeness (QED) is 0.796. The molecular weight excluding hydrogens is 328 g/mol. The third kappa shape index (κ3) is 4.54. The molecule has 0 bridgehead atoms. The van der Waals surface area contributed by atoms with Gasteiger partial charge >= 0.3 is 6.09 Å². The molecule has 1 saturated heterocycles. The number of hydrogen-bond acceptors (Lipinski definition) is 4. The van der Waals surface area contributed by atoms with Crippen molar-refractivity contribution in [1.29, 1.82) is 0 Å². The first-order valence-electron chi connectivity index (χ1n) is 9.05. The fourth-order valence-corrected chi connectivity index (χ4v) is 3.13. The van der Waals surface area contributed by atoms with Gasteiger partial charge in [-0.25, -0.2) is 9.78 Å². The van der Waals surface area contributed by atoms with Crippen LogP contribution in [-0.2, 0) is 11.3 Å². The molecule has 5 nitrogen and oxygen atoms in total. The number of carbonyl (C=O) groups excluding carboxylic acids is 1. The van der Waals surface area contributed by atoms with E-state index in [2.05, 4.69) is 4.98 Å². The molecule has 138 valence electrons. The third-order valence-corrected chi connectivity index (χ3v) is 4.26.